The topological polar surface area (TPSA) is 50.7 Å². The van der Waals surface area contributed by atoms with E-state index in [1.807, 2.05) is 12.1 Å². The van der Waals surface area contributed by atoms with Gasteiger partial charge in [0, 0.05) is 30.4 Å². The van der Waals surface area contributed by atoms with Crippen LogP contribution in [0.15, 0.2) is 18.2 Å². The highest BCUT2D eigenvalue weighted by atomic mass is 16.5. The molecule has 0 saturated carbocycles. The Morgan fingerprint density at radius 1 is 1.14 bits per heavy atom. The SMILES string of the molecule is COc1cc(NCCO)cc(OC)c1. The molecule has 0 fully saturated rings. The largest absolute Gasteiger partial charge is 0.497 e. The number of hydrogen-bond donors (Lipinski definition) is 2. The molecule has 0 saturated heterocycles. The summed E-state index contributed by atoms with van der Waals surface area (Å²) in [4.78, 5) is 0. The minimum Gasteiger partial charge on any atom is -0.497 e. The highest BCUT2D eigenvalue weighted by Gasteiger charge is 2.00. The van der Waals surface area contributed by atoms with E-state index in [-0.39, 0.29) is 6.61 Å². The number of methoxy groups -OCH3 is 2. The maximum atomic E-state index is 8.66. The highest BCUT2D eigenvalue weighted by Crippen LogP contribution is 2.25. The quantitative estimate of drug-likeness (QED) is 0.742. The predicted molar refractivity (Wildman–Crippen MR) is 55.1 cm³/mol. The molecule has 1 aromatic carbocycles. The minimum atomic E-state index is 0.0968. The molecule has 0 aliphatic carbocycles. The molecule has 2 N–H and O–H groups in total. The van der Waals surface area contributed by atoms with Gasteiger partial charge in [0.15, 0.2) is 0 Å². The fraction of sp³-hybridized carbons (Fsp3) is 0.400. The van der Waals surface area contributed by atoms with E-state index in [2.05, 4.69) is 5.32 Å². The average Bonchev–Trinajstić information content (AvgIpc) is 2.25. The van der Waals surface area contributed by atoms with Crippen LogP contribution in [0.25, 0.3) is 0 Å². The van der Waals surface area contributed by atoms with Crippen molar-refractivity contribution in [3.8, 4) is 11.5 Å². The number of nitrogens with one attached hydrogen (secondary N) is 1. The van der Waals surface area contributed by atoms with Crippen LogP contribution < -0.4 is 14.8 Å². The lowest BCUT2D eigenvalue weighted by Gasteiger charge is -2.09. The van der Waals surface area contributed by atoms with Crippen LogP contribution in [-0.2, 0) is 0 Å². The first kappa shape index (κ1) is 10.7. The van der Waals surface area contributed by atoms with E-state index >= 15 is 0 Å². The first-order valence-electron chi connectivity index (χ1n) is 4.38. The van der Waals surface area contributed by atoms with Crippen LogP contribution in [-0.4, -0.2) is 32.5 Å². The Bertz CT molecular complexity index is 266. The standard InChI is InChI=1S/C10H15NO3/c1-13-9-5-8(11-3-4-12)6-10(7-9)14-2/h5-7,11-12H,3-4H2,1-2H3. The lowest BCUT2D eigenvalue weighted by Crippen LogP contribution is -2.05. The van der Waals surface area contributed by atoms with Crippen LogP contribution in [0.3, 0.4) is 0 Å². The van der Waals surface area contributed by atoms with E-state index < -0.39 is 0 Å². The van der Waals surface area contributed by atoms with Crippen LogP contribution in [0, 0.1) is 0 Å². The molecule has 0 spiro atoms. The number of ether oxygens (including phenoxy) is 2. The van der Waals surface area contributed by atoms with Gasteiger partial charge < -0.3 is 19.9 Å². The zero-order valence-corrected chi connectivity index (χ0v) is 8.41. The first-order valence-corrected chi connectivity index (χ1v) is 4.38. The number of aliphatic hydroxyl groups excluding tert-OH is 1. The van der Waals surface area contributed by atoms with Gasteiger partial charge in [-0.2, -0.15) is 0 Å². The van der Waals surface area contributed by atoms with Crippen molar-refractivity contribution < 1.29 is 14.6 Å². The summed E-state index contributed by atoms with van der Waals surface area (Å²) in [5.41, 5.74) is 0.871. The van der Waals surface area contributed by atoms with Gasteiger partial charge in [0.1, 0.15) is 11.5 Å². The third kappa shape index (κ3) is 2.81. The Hall–Kier alpha value is -1.42. The number of anilines is 1. The van der Waals surface area contributed by atoms with E-state index in [0.29, 0.717) is 6.54 Å². The van der Waals surface area contributed by atoms with Gasteiger partial charge in [0.2, 0.25) is 0 Å². The van der Waals surface area contributed by atoms with Crippen LogP contribution in [0.2, 0.25) is 0 Å². The molecule has 0 aliphatic rings. The van der Waals surface area contributed by atoms with Crippen molar-refractivity contribution in [1.82, 2.24) is 0 Å². The Morgan fingerprint density at radius 3 is 2.14 bits per heavy atom. The zero-order chi connectivity index (χ0) is 10.4. The molecular weight excluding hydrogens is 182 g/mol. The number of rotatable bonds is 5. The second-order valence-electron chi connectivity index (χ2n) is 2.75. The van der Waals surface area contributed by atoms with Crippen LogP contribution in [0.4, 0.5) is 5.69 Å². The van der Waals surface area contributed by atoms with Crippen LogP contribution in [0.5, 0.6) is 11.5 Å². The molecule has 1 rings (SSSR count). The van der Waals surface area contributed by atoms with E-state index in [1.165, 1.54) is 0 Å². The smallest absolute Gasteiger partial charge is 0.124 e. The summed E-state index contributed by atoms with van der Waals surface area (Å²) in [5, 5.41) is 11.7. The van der Waals surface area contributed by atoms with Crippen molar-refractivity contribution in [2.24, 2.45) is 0 Å². The van der Waals surface area contributed by atoms with E-state index in [4.69, 9.17) is 14.6 Å². The summed E-state index contributed by atoms with van der Waals surface area (Å²) in [6, 6.07) is 5.49. The second-order valence-corrected chi connectivity index (χ2v) is 2.75. The molecule has 0 unspecified atom stereocenters. The second kappa shape index (κ2) is 5.34. The maximum absolute atomic E-state index is 8.66. The van der Waals surface area contributed by atoms with Gasteiger partial charge >= 0.3 is 0 Å². The van der Waals surface area contributed by atoms with Crippen LogP contribution >= 0.6 is 0 Å². The fourth-order valence-corrected chi connectivity index (χ4v) is 1.11. The Morgan fingerprint density at radius 2 is 1.71 bits per heavy atom. The van der Waals surface area contributed by atoms with Gasteiger partial charge in [-0.1, -0.05) is 0 Å². The van der Waals surface area contributed by atoms with Gasteiger partial charge in [-0.15, -0.1) is 0 Å². The van der Waals surface area contributed by atoms with Crippen molar-refractivity contribution in [3.05, 3.63) is 18.2 Å². The molecule has 4 nitrogen and oxygen atoms in total. The molecule has 0 aliphatic heterocycles. The van der Waals surface area contributed by atoms with Crippen molar-refractivity contribution in [3.63, 3.8) is 0 Å². The maximum Gasteiger partial charge on any atom is 0.124 e. The molecule has 0 bridgehead atoms. The summed E-state index contributed by atoms with van der Waals surface area (Å²) in [5.74, 6) is 1.45. The molecule has 78 valence electrons. The van der Waals surface area contributed by atoms with Crippen LogP contribution in [0.1, 0.15) is 0 Å². The predicted octanol–water partition coefficient (Wildman–Crippen LogP) is 1.11. The number of benzene rings is 1. The minimum absolute atomic E-state index is 0.0968. The van der Waals surface area contributed by atoms with Crippen molar-refractivity contribution in [1.29, 1.82) is 0 Å². The monoisotopic (exact) mass is 197 g/mol. The lowest BCUT2D eigenvalue weighted by molar-refractivity contribution is 0.311. The normalized spacial score (nSPS) is 9.64. The highest BCUT2D eigenvalue weighted by molar-refractivity contribution is 5.53. The summed E-state index contributed by atoms with van der Waals surface area (Å²) >= 11 is 0. The molecule has 0 atom stereocenters. The Kier molecular flexibility index (Phi) is 4.07. The number of hydrogen-bond acceptors (Lipinski definition) is 4. The van der Waals surface area contributed by atoms with E-state index in [9.17, 15) is 0 Å². The van der Waals surface area contributed by atoms with E-state index in [1.54, 1.807) is 20.3 Å². The van der Waals surface area contributed by atoms with Crippen molar-refractivity contribution >= 4 is 5.69 Å². The average molecular weight is 197 g/mol. The third-order valence-corrected chi connectivity index (χ3v) is 1.79. The van der Waals surface area contributed by atoms with Gasteiger partial charge in [-0.25, -0.2) is 0 Å². The zero-order valence-electron chi connectivity index (χ0n) is 8.41. The molecule has 0 radical (unpaired) electrons. The summed E-state index contributed by atoms with van der Waals surface area (Å²) in [7, 11) is 3.20. The Balaban J connectivity index is 2.81. The fourth-order valence-electron chi connectivity index (χ4n) is 1.11. The molecule has 1 aromatic rings. The van der Waals surface area contributed by atoms with Gasteiger partial charge in [-0.3, -0.25) is 0 Å². The third-order valence-electron chi connectivity index (χ3n) is 1.79. The van der Waals surface area contributed by atoms with Gasteiger partial charge in [-0.05, 0) is 0 Å². The first-order chi connectivity index (χ1) is 6.80. The lowest BCUT2D eigenvalue weighted by atomic mass is 10.2. The van der Waals surface area contributed by atoms with Gasteiger partial charge in [0.05, 0.1) is 20.8 Å². The van der Waals surface area contributed by atoms with Crippen molar-refractivity contribution in [2.45, 2.75) is 0 Å². The molecule has 0 amide bonds. The molecule has 0 heterocycles. The van der Waals surface area contributed by atoms with E-state index in [0.717, 1.165) is 17.2 Å². The summed E-state index contributed by atoms with van der Waals surface area (Å²) in [6.07, 6.45) is 0. The molecule has 14 heavy (non-hydrogen) atoms. The van der Waals surface area contributed by atoms with Crippen molar-refractivity contribution in [2.75, 3.05) is 32.7 Å². The van der Waals surface area contributed by atoms with Gasteiger partial charge in [0.25, 0.3) is 0 Å². The summed E-state index contributed by atoms with van der Waals surface area (Å²) < 4.78 is 10.2. The Labute approximate surface area is 83.5 Å². The number of aliphatic hydroxyl groups is 1. The molecular formula is C10H15NO3. The summed E-state index contributed by atoms with van der Waals surface area (Å²) in [6.45, 7) is 0.607. The molecule has 4 heteroatoms. The molecule has 0 aromatic heterocycles.